The van der Waals surface area contributed by atoms with Crippen LogP contribution in [0.1, 0.15) is 16.7 Å². The van der Waals surface area contributed by atoms with Crippen molar-refractivity contribution in [3.63, 3.8) is 0 Å². The number of hydrogen-bond donors (Lipinski definition) is 1. The van der Waals surface area contributed by atoms with Gasteiger partial charge in [0.05, 0.1) is 7.11 Å². The van der Waals surface area contributed by atoms with Gasteiger partial charge in [0.25, 0.3) is 0 Å². The summed E-state index contributed by atoms with van der Waals surface area (Å²) in [6.07, 6.45) is 0. The molecule has 0 heterocycles. The van der Waals surface area contributed by atoms with Crippen LogP contribution in [0.4, 0.5) is 0 Å². The summed E-state index contributed by atoms with van der Waals surface area (Å²) in [6.45, 7) is 4.09. The fraction of sp³-hybridized carbons (Fsp3) is 0.364. The average molecular weight is 209 g/mol. The van der Waals surface area contributed by atoms with Crippen molar-refractivity contribution in [2.24, 2.45) is 0 Å². The van der Waals surface area contributed by atoms with Gasteiger partial charge in [-0.2, -0.15) is 0 Å². The Morgan fingerprint density at radius 3 is 2.43 bits per heavy atom. The molecule has 14 heavy (non-hydrogen) atoms. The molecule has 0 aliphatic carbocycles. The summed E-state index contributed by atoms with van der Waals surface area (Å²) < 4.78 is 5.23. The predicted octanol–water partition coefficient (Wildman–Crippen LogP) is 2.21. The van der Waals surface area contributed by atoms with Crippen molar-refractivity contribution >= 4 is 17.2 Å². The summed E-state index contributed by atoms with van der Waals surface area (Å²) in [5.41, 5.74) is 3.38. The summed E-state index contributed by atoms with van der Waals surface area (Å²) in [5.74, 6) is 0.908. The van der Waals surface area contributed by atoms with Crippen LogP contribution in [0.3, 0.4) is 0 Å². The lowest BCUT2D eigenvalue weighted by molar-refractivity contribution is 0.411. The van der Waals surface area contributed by atoms with Crippen LogP contribution in [-0.2, 0) is 0 Å². The molecule has 3 heteroatoms. The lowest BCUT2D eigenvalue weighted by Crippen LogP contribution is -2.18. The molecule has 0 fully saturated rings. The number of ether oxygens (including phenoxy) is 1. The molecule has 0 spiro atoms. The first-order chi connectivity index (χ1) is 6.61. The van der Waals surface area contributed by atoms with Gasteiger partial charge in [0.2, 0.25) is 0 Å². The Hall–Kier alpha value is -1.09. The number of benzene rings is 1. The molecule has 1 aromatic carbocycles. The van der Waals surface area contributed by atoms with E-state index in [4.69, 9.17) is 17.0 Å². The van der Waals surface area contributed by atoms with E-state index in [9.17, 15) is 0 Å². The normalized spacial score (nSPS) is 9.71. The van der Waals surface area contributed by atoms with Crippen molar-refractivity contribution in [1.82, 2.24) is 5.32 Å². The second-order valence-corrected chi connectivity index (χ2v) is 3.55. The quantitative estimate of drug-likeness (QED) is 0.755. The highest BCUT2D eigenvalue weighted by molar-refractivity contribution is 7.80. The van der Waals surface area contributed by atoms with Crippen molar-refractivity contribution in [2.45, 2.75) is 13.8 Å². The minimum absolute atomic E-state index is 0.772. The Bertz CT molecular complexity index is 361. The van der Waals surface area contributed by atoms with E-state index in [0.717, 1.165) is 21.9 Å². The lowest BCUT2D eigenvalue weighted by atomic mass is 10.0. The number of rotatable bonds is 2. The van der Waals surface area contributed by atoms with Gasteiger partial charge in [-0.25, -0.2) is 0 Å². The first-order valence-electron chi connectivity index (χ1n) is 4.48. The molecule has 2 nitrogen and oxygen atoms in total. The van der Waals surface area contributed by atoms with Crippen LogP contribution >= 0.6 is 12.2 Å². The summed E-state index contributed by atoms with van der Waals surface area (Å²) in [4.78, 5) is 0.772. The minimum atomic E-state index is 0.772. The molecule has 1 aromatic rings. The van der Waals surface area contributed by atoms with Gasteiger partial charge in [0.15, 0.2) is 0 Å². The highest BCUT2D eigenvalue weighted by atomic mass is 32.1. The highest BCUT2D eigenvalue weighted by Gasteiger charge is 2.08. The average Bonchev–Trinajstić information content (AvgIpc) is 2.21. The molecule has 0 amide bonds. The van der Waals surface area contributed by atoms with Gasteiger partial charge in [0, 0.05) is 12.6 Å². The zero-order valence-corrected chi connectivity index (χ0v) is 9.79. The minimum Gasteiger partial charge on any atom is -0.496 e. The zero-order chi connectivity index (χ0) is 10.7. The van der Waals surface area contributed by atoms with Crippen LogP contribution in [-0.4, -0.2) is 19.1 Å². The molecule has 0 unspecified atom stereocenters. The fourth-order valence-electron chi connectivity index (χ4n) is 1.40. The lowest BCUT2D eigenvalue weighted by Gasteiger charge is -2.12. The Balaban J connectivity index is 3.24. The summed E-state index contributed by atoms with van der Waals surface area (Å²) in [7, 11) is 3.51. The second-order valence-electron chi connectivity index (χ2n) is 3.14. The molecular weight excluding hydrogens is 194 g/mol. The van der Waals surface area contributed by atoms with E-state index in [-0.39, 0.29) is 0 Å². The van der Waals surface area contributed by atoms with Crippen molar-refractivity contribution in [3.05, 3.63) is 28.8 Å². The van der Waals surface area contributed by atoms with Crippen LogP contribution in [0.25, 0.3) is 0 Å². The van der Waals surface area contributed by atoms with E-state index in [1.807, 2.05) is 26.1 Å². The number of nitrogens with one attached hydrogen (secondary N) is 1. The SMILES string of the molecule is CNC(=S)c1ccc(OC)c(C)c1C. The molecule has 1 rings (SSSR count). The summed E-state index contributed by atoms with van der Waals surface area (Å²) in [5, 5.41) is 2.98. The van der Waals surface area contributed by atoms with Crippen LogP contribution in [0.5, 0.6) is 5.75 Å². The largest absolute Gasteiger partial charge is 0.496 e. The molecular formula is C11H15NOS. The highest BCUT2D eigenvalue weighted by Crippen LogP contribution is 2.23. The Kier molecular flexibility index (Phi) is 3.47. The van der Waals surface area contributed by atoms with Crippen molar-refractivity contribution < 1.29 is 4.74 Å². The van der Waals surface area contributed by atoms with Gasteiger partial charge in [-0.05, 0) is 37.1 Å². The van der Waals surface area contributed by atoms with E-state index in [1.165, 1.54) is 5.56 Å². The zero-order valence-electron chi connectivity index (χ0n) is 8.97. The van der Waals surface area contributed by atoms with E-state index in [1.54, 1.807) is 7.11 Å². The molecule has 0 bridgehead atoms. The van der Waals surface area contributed by atoms with Gasteiger partial charge in [0.1, 0.15) is 10.7 Å². The molecule has 0 saturated carbocycles. The smallest absolute Gasteiger partial charge is 0.122 e. The molecule has 0 atom stereocenters. The number of methoxy groups -OCH3 is 1. The van der Waals surface area contributed by atoms with E-state index < -0.39 is 0 Å². The van der Waals surface area contributed by atoms with Gasteiger partial charge >= 0.3 is 0 Å². The fourth-order valence-corrected chi connectivity index (χ4v) is 1.62. The first-order valence-corrected chi connectivity index (χ1v) is 4.89. The van der Waals surface area contributed by atoms with Gasteiger partial charge in [-0.3, -0.25) is 0 Å². The van der Waals surface area contributed by atoms with Crippen molar-refractivity contribution in [1.29, 1.82) is 0 Å². The summed E-state index contributed by atoms with van der Waals surface area (Å²) >= 11 is 5.20. The monoisotopic (exact) mass is 209 g/mol. The van der Waals surface area contributed by atoms with E-state index in [2.05, 4.69) is 12.2 Å². The topological polar surface area (TPSA) is 21.3 Å². The molecule has 76 valence electrons. The molecule has 0 aromatic heterocycles. The molecule has 0 aliphatic heterocycles. The van der Waals surface area contributed by atoms with E-state index in [0.29, 0.717) is 0 Å². The van der Waals surface area contributed by atoms with Gasteiger partial charge in [-0.1, -0.05) is 12.2 Å². The van der Waals surface area contributed by atoms with E-state index >= 15 is 0 Å². The Morgan fingerprint density at radius 1 is 1.29 bits per heavy atom. The third-order valence-electron chi connectivity index (χ3n) is 2.43. The Morgan fingerprint density at radius 2 is 1.93 bits per heavy atom. The van der Waals surface area contributed by atoms with Crippen LogP contribution in [0, 0.1) is 13.8 Å². The first kappa shape index (κ1) is 11.0. The van der Waals surface area contributed by atoms with Gasteiger partial charge in [-0.15, -0.1) is 0 Å². The molecule has 0 aliphatic rings. The summed E-state index contributed by atoms with van der Waals surface area (Å²) in [6, 6.07) is 3.93. The third-order valence-corrected chi connectivity index (χ3v) is 2.85. The molecule has 1 N–H and O–H groups in total. The predicted molar refractivity (Wildman–Crippen MR) is 63.2 cm³/mol. The maximum atomic E-state index is 5.23. The van der Waals surface area contributed by atoms with Crippen molar-refractivity contribution in [3.8, 4) is 5.75 Å². The number of thiocarbonyl (C=S) groups is 1. The van der Waals surface area contributed by atoms with Crippen molar-refractivity contribution in [2.75, 3.05) is 14.2 Å². The van der Waals surface area contributed by atoms with Crippen LogP contribution in [0.15, 0.2) is 12.1 Å². The third kappa shape index (κ3) is 1.87. The van der Waals surface area contributed by atoms with Crippen LogP contribution < -0.4 is 10.1 Å². The maximum absolute atomic E-state index is 5.23. The van der Waals surface area contributed by atoms with Gasteiger partial charge < -0.3 is 10.1 Å². The number of hydrogen-bond acceptors (Lipinski definition) is 2. The maximum Gasteiger partial charge on any atom is 0.122 e. The Labute approximate surface area is 90.3 Å². The molecule has 0 radical (unpaired) electrons. The molecule has 0 saturated heterocycles. The van der Waals surface area contributed by atoms with Crippen LogP contribution in [0.2, 0.25) is 0 Å². The second kappa shape index (κ2) is 4.42. The standard InChI is InChI=1S/C11H15NOS/c1-7-8(2)10(13-4)6-5-9(7)11(14)12-3/h5-6H,1-4H3,(H,12,14).